The lowest BCUT2D eigenvalue weighted by Crippen LogP contribution is -1.97. The lowest BCUT2D eigenvalue weighted by Gasteiger charge is -2.09. The molecule has 0 saturated heterocycles. The molecule has 130 valence electrons. The minimum atomic E-state index is 0.447. The minimum absolute atomic E-state index is 0.447. The second-order valence-corrected chi connectivity index (χ2v) is 7.18. The fraction of sp³-hybridized carbons (Fsp3) is 0.100. The summed E-state index contributed by atoms with van der Waals surface area (Å²) in [6, 6.07) is 17.4. The molecule has 4 aromatic rings. The van der Waals surface area contributed by atoms with Gasteiger partial charge in [0.05, 0.1) is 4.88 Å². The first-order valence-electron chi connectivity index (χ1n) is 8.05. The fourth-order valence-electron chi connectivity index (χ4n) is 2.58. The van der Waals surface area contributed by atoms with Crippen LogP contribution in [0.5, 0.6) is 5.75 Å². The van der Waals surface area contributed by atoms with Crippen LogP contribution in [0.4, 0.5) is 0 Å². The Morgan fingerprint density at radius 3 is 2.85 bits per heavy atom. The molecule has 2 heterocycles. The molecule has 0 saturated carbocycles. The quantitative estimate of drug-likeness (QED) is 0.424. The molecule has 0 amide bonds. The predicted octanol–water partition coefficient (Wildman–Crippen LogP) is 6.01. The Hall–Kier alpha value is -2.63. The van der Waals surface area contributed by atoms with Crippen LogP contribution in [0, 0.1) is 6.92 Å². The molecule has 26 heavy (non-hydrogen) atoms. The average molecular weight is 383 g/mol. The van der Waals surface area contributed by atoms with Gasteiger partial charge in [-0.1, -0.05) is 35.0 Å². The van der Waals surface area contributed by atoms with Gasteiger partial charge in [-0.3, -0.25) is 0 Å². The summed E-state index contributed by atoms with van der Waals surface area (Å²) in [6.07, 6.45) is 0. The fourth-order valence-corrected chi connectivity index (χ4v) is 3.45. The van der Waals surface area contributed by atoms with Crippen LogP contribution in [0.25, 0.3) is 22.2 Å². The van der Waals surface area contributed by atoms with Crippen LogP contribution in [-0.2, 0) is 6.61 Å². The highest BCUT2D eigenvalue weighted by atomic mass is 35.5. The standard InChI is InChI=1S/C20H15ClN2O2S/c1-13-10-16(21)7-8-17(13)24-12-14-4-2-5-15(11-14)20-22-19(23-25-20)18-6-3-9-26-18/h2-11H,12H2,1H3. The molecule has 0 unspecified atom stereocenters. The van der Waals surface area contributed by atoms with Crippen molar-refractivity contribution in [1.82, 2.24) is 10.1 Å². The molecule has 4 rings (SSSR count). The number of nitrogens with zero attached hydrogens (tertiary/aromatic N) is 2. The lowest BCUT2D eigenvalue weighted by molar-refractivity contribution is 0.304. The van der Waals surface area contributed by atoms with Crippen LogP contribution in [-0.4, -0.2) is 10.1 Å². The number of thiophene rings is 1. The first-order valence-corrected chi connectivity index (χ1v) is 9.31. The van der Waals surface area contributed by atoms with Gasteiger partial charge in [-0.15, -0.1) is 11.3 Å². The monoisotopic (exact) mass is 382 g/mol. The van der Waals surface area contributed by atoms with Crippen LogP contribution < -0.4 is 4.74 Å². The number of hydrogen-bond donors (Lipinski definition) is 0. The highest BCUT2D eigenvalue weighted by Crippen LogP contribution is 2.27. The second kappa shape index (κ2) is 7.32. The third-order valence-corrected chi connectivity index (χ3v) is 4.97. The molecule has 4 nitrogen and oxygen atoms in total. The molecule has 0 aliphatic heterocycles. The summed E-state index contributed by atoms with van der Waals surface area (Å²) in [7, 11) is 0. The van der Waals surface area contributed by atoms with E-state index in [4.69, 9.17) is 20.9 Å². The Balaban J connectivity index is 1.51. The van der Waals surface area contributed by atoms with Crippen LogP contribution in [0.15, 0.2) is 64.5 Å². The molecule has 2 aromatic heterocycles. The number of rotatable bonds is 5. The van der Waals surface area contributed by atoms with E-state index < -0.39 is 0 Å². The summed E-state index contributed by atoms with van der Waals surface area (Å²) in [5, 5.41) is 6.75. The van der Waals surface area contributed by atoms with E-state index in [1.54, 1.807) is 11.3 Å². The van der Waals surface area contributed by atoms with Crippen molar-refractivity contribution >= 4 is 22.9 Å². The Morgan fingerprint density at radius 1 is 1.12 bits per heavy atom. The van der Waals surface area contributed by atoms with Crippen molar-refractivity contribution in [2.24, 2.45) is 0 Å². The van der Waals surface area contributed by atoms with Gasteiger partial charge < -0.3 is 9.26 Å². The van der Waals surface area contributed by atoms with Crippen LogP contribution in [0.1, 0.15) is 11.1 Å². The molecular weight excluding hydrogens is 368 g/mol. The molecular formula is C20H15ClN2O2S. The molecule has 0 spiro atoms. The number of aryl methyl sites for hydroxylation is 1. The van der Waals surface area contributed by atoms with Crippen molar-refractivity contribution in [3.05, 3.63) is 76.1 Å². The van der Waals surface area contributed by atoms with Crippen molar-refractivity contribution in [1.29, 1.82) is 0 Å². The first kappa shape index (κ1) is 16.8. The smallest absolute Gasteiger partial charge is 0.258 e. The molecule has 6 heteroatoms. The van der Waals surface area contributed by atoms with Crippen molar-refractivity contribution in [3.63, 3.8) is 0 Å². The zero-order valence-corrected chi connectivity index (χ0v) is 15.6. The molecule has 0 aliphatic rings. The Labute approximate surface area is 160 Å². The second-order valence-electron chi connectivity index (χ2n) is 5.80. The maximum atomic E-state index is 5.98. The summed E-state index contributed by atoms with van der Waals surface area (Å²) in [5.74, 6) is 1.92. The van der Waals surface area contributed by atoms with E-state index in [0.29, 0.717) is 23.3 Å². The van der Waals surface area contributed by atoms with Gasteiger partial charge in [-0.2, -0.15) is 4.98 Å². The molecule has 0 bridgehead atoms. The van der Waals surface area contributed by atoms with E-state index in [1.807, 2.05) is 66.9 Å². The highest BCUT2D eigenvalue weighted by molar-refractivity contribution is 7.13. The summed E-state index contributed by atoms with van der Waals surface area (Å²) in [5.41, 5.74) is 2.90. The van der Waals surface area contributed by atoms with Gasteiger partial charge in [0.25, 0.3) is 5.89 Å². The van der Waals surface area contributed by atoms with Crippen LogP contribution in [0.3, 0.4) is 0 Å². The normalized spacial score (nSPS) is 10.8. The van der Waals surface area contributed by atoms with Crippen molar-refractivity contribution in [2.45, 2.75) is 13.5 Å². The van der Waals surface area contributed by atoms with Crippen molar-refractivity contribution < 1.29 is 9.26 Å². The number of ether oxygens (including phenoxy) is 1. The predicted molar refractivity (Wildman–Crippen MR) is 104 cm³/mol. The zero-order chi connectivity index (χ0) is 17.9. The van der Waals surface area contributed by atoms with Gasteiger partial charge in [-0.05, 0) is 59.8 Å². The van der Waals surface area contributed by atoms with E-state index in [1.165, 1.54) is 0 Å². The number of aromatic nitrogens is 2. The summed E-state index contributed by atoms with van der Waals surface area (Å²) in [4.78, 5) is 5.47. The summed E-state index contributed by atoms with van der Waals surface area (Å²) >= 11 is 7.56. The Morgan fingerprint density at radius 2 is 2.04 bits per heavy atom. The lowest BCUT2D eigenvalue weighted by atomic mass is 10.1. The van der Waals surface area contributed by atoms with Gasteiger partial charge in [0.15, 0.2) is 0 Å². The van der Waals surface area contributed by atoms with Crippen molar-refractivity contribution in [2.75, 3.05) is 0 Å². The van der Waals surface area contributed by atoms with Crippen LogP contribution >= 0.6 is 22.9 Å². The Bertz CT molecular complexity index is 1030. The maximum Gasteiger partial charge on any atom is 0.258 e. The first-order chi connectivity index (χ1) is 12.7. The molecule has 0 aliphatic carbocycles. The van der Waals surface area contributed by atoms with E-state index in [9.17, 15) is 0 Å². The van der Waals surface area contributed by atoms with Gasteiger partial charge in [-0.25, -0.2) is 0 Å². The summed E-state index contributed by atoms with van der Waals surface area (Å²) < 4.78 is 11.3. The van der Waals surface area contributed by atoms with E-state index in [0.717, 1.165) is 27.3 Å². The van der Waals surface area contributed by atoms with Gasteiger partial charge in [0, 0.05) is 10.6 Å². The average Bonchev–Trinajstić information content (AvgIpc) is 3.33. The zero-order valence-electron chi connectivity index (χ0n) is 14.0. The minimum Gasteiger partial charge on any atom is -0.489 e. The SMILES string of the molecule is Cc1cc(Cl)ccc1OCc1cccc(-c2nc(-c3cccs3)no2)c1. The molecule has 0 fully saturated rings. The highest BCUT2D eigenvalue weighted by Gasteiger charge is 2.12. The maximum absolute atomic E-state index is 5.98. The molecule has 0 atom stereocenters. The van der Waals surface area contributed by atoms with Crippen molar-refractivity contribution in [3.8, 4) is 27.9 Å². The largest absolute Gasteiger partial charge is 0.489 e. The van der Waals surface area contributed by atoms with E-state index in [-0.39, 0.29) is 0 Å². The number of benzene rings is 2. The van der Waals surface area contributed by atoms with E-state index in [2.05, 4.69) is 10.1 Å². The molecule has 0 N–H and O–H groups in total. The van der Waals surface area contributed by atoms with Gasteiger partial charge >= 0.3 is 0 Å². The van der Waals surface area contributed by atoms with E-state index >= 15 is 0 Å². The third-order valence-electron chi connectivity index (χ3n) is 3.87. The third kappa shape index (κ3) is 3.64. The number of halogens is 1. The topological polar surface area (TPSA) is 48.2 Å². The summed E-state index contributed by atoms with van der Waals surface area (Å²) in [6.45, 7) is 2.42. The Kier molecular flexibility index (Phi) is 4.73. The number of hydrogen-bond acceptors (Lipinski definition) is 5. The van der Waals surface area contributed by atoms with Gasteiger partial charge in [0.2, 0.25) is 5.82 Å². The van der Waals surface area contributed by atoms with Crippen LogP contribution in [0.2, 0.25) is 5.02 Å². The molecule has 0 radical (unpaired) electrons. The molecule has 2 aromatic carbocycles. The van der Waals surface area contributed by atoms with Gasteiger partial charge in [0.1, 0.15) is 12.4 Å².